The van der Waals surface area contributed by atoms with Gasteiger partial charge in [-0.1, -0.05) is 12.1 Å². The lowest BCUT2D eigenvalue weighted by molar-refractivity contribution is 0.0967. The van der Waals surface area contributed by atoms with Crippen LogP contribution in [0, 0.1) is 6.92 Å². The first kappa shape index (κ1) is 12.8. The minimum Gasteiger partial charge on any atom is -0.490 e. The van der Waals surface area contributed by atoms with Crippen LogP contribution in [0.25, 0.3) is 5.78 Å². The topological polar surface area (TPSA) is 72.6 Å². The van der Waals surface area contributed by atoms with E-state index in [0.29, 0.717) is 24.7 Å². The third-order valence-electron chi connectivity index (χ3n) is 3.59. The van der Waals surface area contributed by atoms with Crippen LogP contribution in [0.5, 0.6) is 5.75 Å². The molecule has 3 aromatic rings. The van der Waals surface area contributed by atoms with Crippen LogP contribution in [0.1, 0.15) is 16.3 Å². The Labute approximate surface area is 126 Å². The van der Waals surface area contributed by atoms with Crippen molar-refractivity contribution in [3.63, 3.8) is 0 Å². The minimum atomic E-state index is -0.249. The Morgan fingerprint density at radius 1 is 1.27 bits per heavy atom. The van der Waals surface area contributed by atoms with Crippen molar-refractivity contribution in [2.24, 2.45) is 0 Å². The zero-order valence-electron chi connectivity index (χ0n) is 11.9. The Bertz CT molecular complexity index is 873. The fourth-order valence-electron chi connectivity index (χ4n) is 2.50. The maximum Gasteiger partial charge on any atom is 0.298 e. The molecule has 2 aromatic heterocycles. The highest BCUT2D eigenvalue weighted by Crippen LogP contribution is 2.31. The molecule has 1 aliphatic rings. The summed E-state index contributed by atoms with van der Waals surface area (Å²) in [6.45, 7) is 2.81. The molecule has 0 bridgehead atoms. The fraction of sp³-hybridized carbons (Fsp3) is 0.200. The molecule has 7 nitrogen and oxygen atoms in total. The average Bonchev–Trinajstić information content (AvgIpc) is 2.99. The lowest BCUT2D eigenvalue weighted by atomic mass is 10.2. The van der Waals surface area contributed by atoms with E-state index in [1.165, 1.54) is 0 Å². The SMILES string of the molecule is Cc1ccnc2nc(C(=O)N3CCOc4ccccc43)nn12. The third kappa shape index (κ3) is 1.90. The molecule has 0 spiro atoms. The number of aromatic nitrogens is 4. The number of fused-ring (bicyclic) bond motifs is 2. The lowest BCUT2D eigenvalue weighted by Crippen LogP contribution is -2.38. The summed E-state index contributed by atoms with van der Waals surface area (Å²) >= 11 is 0. The molecule has 110 valence electrons. The number of anilines is 1. The van der Waals surface area contributed by atoms with Gasteiger partial charge in [-0.2, -0.15) is 4.98 Å². The van der Waals surface area contributed by atoms with Crippen LogP contribution in [0.4, 0.5) is 5.69 Å². The summed E-state index contributed by atoms with van der Waals surface area (Å²) in [5.41, 5.74) is 1.61. The fourth-order valence-corrected chi connectivity index (χ4v) is 2.50. The van der Waals surface area contributed by atoms with E-state index >= 15 is 0 Å². The molecule has 0 radical (unpaired) electrons. The van der Waals surface area contributed by atoms with Crippen molar-refractivity contribution in [3.8, 4) is 5.75 Å². The Morgan fingerprint density at radius 2 is 2.14 bits per heavy atom. The first-order valence-corrected chi connectivity index (χ1v) is 6.96. The summed E-state index contributed by atoms with van der Waals surface area (Å²) in [4.78, 5) is 22.7. The highest BCUT2D eigenvalue weighted by molar-refractivity contribution is 6.04. The van der Waals surface area contributed by atoms with E-state index in [-0.39, 0.29) is 11.7 Å². The maximum atomic E-state index is 12.7. The van der Waals surface area contributed by atoms with Crippen LogP contribution in [-0.2, 0) is 0 Å². The van der Waals surface area contributed by atoms with Gasteiger partial charge in [0.05, 0.1) is 12.2 Å². The third-order valence-corrected chi connectivity index (χ3v) is 3.59. The van der Waals surface area contributed by atoms with E-state index in [1.807, 2.05) is 37.3 Å². The number of hydrogen-bond donors (Lipinski definition) is 0. The predicted octanol–water partition coefficient (Wildman–Crippen LogP) is 1.47. The number of ether oxygens (including phenoxy) is 1. The molecule has 0 fully saturated rings. The molecule has 0 aliphatic carbocycles. The summed E-state index contributed by atoms with van der Waals surface area (Å²) in [5.74, 6) is 1.00. The van der Waals surface area contributed by atoms with Gasteiger partial charge in [-0.25, -0.2) is 9.50 Å². The molecule has 0 N–H and O–H groups in total. The van der Waals surface area contributed by atoms with E-state index in [9.17, 15) is 4.79 Å². The number of para-hydroxylation sites is 2. The standard InChI is InChI=1S/C15H13N5O2/c1-10-6-7-16-15-17-13(18-20(10)15)14(21)19-8-9-22-12-5-3-2-4-11(12)19/h2-7H,8-9H2,1H3. The molecule has 0 atom stereocenters. The number of benzene rings is 1. The zero-order chi connectivity index (χ0) is 15.1. The van der Waals surface area contributed by atoms with Crippen LogP contribution in [-0.4, -0.2) is 38.6 Å². The Balaban J connectivity index is 1.77. The van der Waals surface area contributed by atoms with Crippen LogP contribution >= 0.6 is 0 Å². The Morgan fingerprint density at radius 3 is 3.00 bits per heavy atom. The van der Waals surface area contributed by atoms with E-state index in [0.717, 1.165) is 11.4 Å². The van der Waals surface area contributed by atoms with Crippen LogP contribution in [0.15, 0.2) is 36.5 Å². The molecular formula is C15H13N5O2. The summed E-state index contributed by atoms with van der Waals surface area (Å²) in [7, 11) is 0. The van der Waals surface area contributed by atoms with Gasteiger partial charge in [0.15, 0.2) is 0 Å². The van der Waals surface area contributed by atoms with Crippen molar-refractivity contribution in [2.45, 2.75) is 6.92 Å². The smallest absolute Gasteiger partial charge is 0.298 e. The summed E-state index contributed by atoms with van der Waals surface area (Å²) < 4.78 is 7.13. The molecule has 1 aliphatic heterocycles. The first-order valence-electron chi connectivity index (χ1n) is 6.96. The van der Waals surface area contributed by atoms with Crippen LogP contribution in [0.2, 0.25) is 0 Å². The van der Waals surface area contributed by atoms with Gasteiger partial charge >= 0.3 is 0 Å². The second kappa shape index (κ2) is 4.80. The molecular weight excluding hydrogens is 282 g/mol. The highest BCUT2D eigenvalue weighted by atomic mass is 16.5. The first-order chi connectivity index (χ1) is 10.7. The number of carbonyl (C=O) groups excluding carboxylic acids is 1. The number of rotatable bonds is 1. The number of nitrogens with zero attached hydrogens (tertiary/aromatic N) is 5. The average molecular weight is 295 g/mol. The molecule has 0 unspecified atom stereocenters. The van der Waals surface area contributed by atoms with Crippen LogP contribution < -0.4 is 9.64 Å². The monoisotopic (exact) mass is 295 g/mol. The second-order valence-corrected chi connectivity index (χ2v) is 5.01. The van der Waals surface area contributed by atoms with Crippen molar-refractivity contribution in [2.75, 3.05) is 18.1 Å². The summed E-state index contributed by atoms with van der Waals surface area (Å²) in [6.07, 6.45) is 1.65. The molecule has 0 saturated heterocycles. The second-order valence-electron chi connectivity index (χ2n) is 5.01. The minimum absolute atomic E-state index is 0.138. The van der Waals surface area contributed by atoms with Gasteiger partial charge in [0, 0.05) is 11.9 Å². The quantitative estimate of drug-likeness (QED) is 0.680. The molecule has 1 aromatic carbocycles. The number of carbonyl (C=O) groups is 1. The molecule has 7 heteroatoms. The van der Waals surface area contributed by atoms with Gasteiger partial charge in [-0.15, -0.1) is 5.10 Å². The van der Waals surface area contributed by atoms with Crippen molar-refractivity contribution in [1.82, 2.24) is 19.6 Å². The van der Waals surface area contributed by atoms with Crippen molar-refractivity contribution >= 4 is 17.4 Å². The highest BCUT2D eigenvalue weighted by Gasteiger charge is 2.27. The summed E-state index contributed by atoms with van der Waals surface area (Å²) in [5, 5.41) is 4.27. The van der Waals surface area contributed by atoms with Gasteiger partial charge in [0.2, 0.25) is 5.82 Å². The predicted molar refractivity (Wildman–Crippen MR) is 79.1 cm³/mol. The molecule has 22 heavy (non-hydrogen) atoms. The lowest BCUT2D eigenvalue weighted by Gasteiger charge is -2.28. The van der Waals surface area contributed by atoms with Gasteiger partial charge < -0.3 is 4.74 Å². The van der Waals surface area contributed by atoms with Crippen molar-refractivity contribution in [3.05, 3.63) is 48.0 Å². The molecule has 3 heterocycles. The molecule has 4 rings (SSSR count). The number of hydrogen-bond acceptors (Lipinski definition) is 5. The van der Waals surface area contributed by atoms with Gasteiger partial charge in [-0.3, -0.25) is 9.69 Å². The van der Waals surface area contributed by atoms with Gasteiger partial charge in [-0.05, 0) is 25.1 Å². The maximum absolute atomic E-state index is 12.7. The van der Waals surface area contributed by atoms with Crippen LogP contribution in [0.3, 0.4) is 0 Å². The van der Waals surface area contributed by atoms with E-state index in [4.69, 9.17) is 4.74 Å². The van der Waals surface area contributed by atoms with E-state index < -0.39 is 0 Å². The van der Waals surface area contributed by atoms with Crippen molar-refractivity contribution in [1.29, 1.82) is 0 Å². The van der Waals surface area contributed by atoms with Crippen molar-refractivity contribution < 1.29 is 9.53 Å². The zero-order valence-corrected chi connectivity index (χ0v) is 11.9. The van der Waals surface area contributed by atoms with Gasteiger partial charge in [0.1, 0.15) is 12.4 Å². The molecule has 1 amide bonds. The number of amides is 1. The van der Waals surface area contributed by atoms with E-state index in [2.05, 4.69) is 15.1 Å². The van der Waals surface area contributed by atoms with E-state index in [1.54, 1.807) is 15.6 Å². The Kier molecular flexibility index (Phi) is 2.78. The summed E-state index contributed by atoms with van der Waals surface area (Å²) in [6, 6.07) is 9.27. The Hall–Kier alpha value is -2.96. The number of aryl methyl sites for hydroxylation is 1. The molecule has 0 saturated carbocycles. The largest absolute Gasteiger partial charge is 0.490 e. The normalized spacial score (nSPS) is 13.8. The van der Waals surface area contributed by atoms with Gasteiger partial charge in [0.25, 0.3) is 11.7 Å².